The molecule has 0 unspecified atom stereocenters. The number of H-pyrrole nitrogens is 1. The van der Waals surface area contributed by atoms with Gasteiger partial charge < -0.3 is 4.98 Å². The summed E-state index contributed by atoms with van der Waals surface area (Å²) < 4.78 is 1.63. The number of carbonyl (C=O) groups excluding carboxylic acids is 2. The monoisotopic (exact) mass is 384 g/mol. The summed E-state index contributed by atoms with van der Waals surface area (Å²) in [4.78, 5) is 33.1. The molecule has 1 aromatic carbocycles. The van der Waals surface area contributed by atoms with Gasteiger partial charge in [-0.3, -0.25) is 14.2 Å². The van der Waals surface area contributed by atoms with Crippen molar-refractivity contribution in [3.8, 4) is 6.07 Å². The zero-order valence-corrected chi connectivity index (χ0v) is 16.1. The number of aromatic nitrogens is 3. The second kappa shape index (κ2) is 7.72. The number of carbonyl (C=O) groups is 2. The Kier molecular flexibility index (Phi) is 4.96. The lowest BCUT2D eigenvalue weighted by molar-refractivity contribution is 0.0904. The highest BCUT2D eigenvalue weighted by Gasteiger charge is 2.19. The Morgan fingerprint density at radius 2 is 2.03 bits per heavy atom. The summed E-state index contributed by atoms with van der Waals surface area (Å²) in [6.45, 7) is 2.10. The molecule has 6 nitrogen and oxygen atoms in total. The van der Waals surface area contributed by atoms with Gasteiger partial charge in [-0.15, -0.1) is 0 Å². The molecule has 6 heteroatoms. The minimum atomic E-state index is -0.171. The van der Waals surface area contributed by atoms with Crippen molar-refractivity contribution in [2.45, 2.75) is 32.6 Å². The van der Waals surface area contributed by atoms with Gasteiger partial charge in [0.05, 0.1) is 11.1 Å². The molecule has 0 atom stereocenters. The molecule has 3 heterocycles. The molecule has 0 aliphatic rings. The number of hydrogen-bond acceptors (Lipinski definition) is 4. The van der Waals surface area contributed by atoms with Crippen LogP contribution in [-0.4, -0.2) is 26.2 Å². The van der Waals surface area contributed by atoms with E-state index in [9.17, 15) is 9.59 Å². The van der Waals surface area contributed by atoms with E-state index in [2.05, 4.69) is 23.0 Å². The van der Waals surface area contributed by atoms with E-state index in [1.165, 1.54) is 6.20 Å². The van der Waals surface area contributed by atoms with Crippen molar-refractivity contribution < 1.29 is 9.59 Å². The Morgan fingerprint density at radius 1 is 1.17 bits per heavy atom. The van der Waals surface area contributed by atoms with Crippen LogP contribution in [-0.2, 0) is 0 Å². The molecule has 0 saturated carbocycles. The largest absolute Gasteiger partial charge is 0.345 e. The maximum atomic E-state index is 13.3. The molecule has 29 heavy (non-hydrogen) atoms. The summed E-state index contributed by atoms with van der Waals surface area (Å²) in [7, 11) is 0. The molecule has 0 fully saturated rings. The van der Waals surface area contributed by atoms with E-state index in [1.807, 2.05) is 12.1 Å². The van der Waals surface area contributed by atoms with E-state index in [0.29, 0.717) is 34.1 Å². The quantitative estimate of drug-likeness (QED) is 0.380. The van der Waals surface area contributed by atoms with Crippen LogP contribution >= 0.6 is 0 Å². The summed E-state index contributed by atoms with van der Waals surface area (Å²) in [5.74, 6) is -0.136. The van der Waals surface area contributed by atoms with Crippen LogP contribution in [0.5, 0.6) is 0 Å². The minimum absolute atomic E-state index is 0.0352. The van der Waals surface area contributed by atoms with E-state index >= 15 is 0 Å². The molecule has 1 N–H and O–H groups in total. The lowest BCUT2D eigenvalue weighted by Crippen LogP contribution is -2.09. The first-order chi connectivity index (χ1) is 14.1. The SMILES string of the molecule is CCCCCC(=O)n1ccc2c(C(=O)c3c[nH]c4ncc(C#N)cc34)cccc21. The van der Waals surface area contributed by atoms with E-state index in [-0.39, 0.29) is 11.7 Å². The molecule has 0 aliphatic heterocycles. The van der Waals surface area contributed by atoms with Crippen molar-refractivity contribution in [1.29, 1.82) is 5.26 Å². The van der Waals surface area contributed by atoms with Crippen molar-refractivity contribution in [2.24, 2.45) is 0 Å². The second-order valence-electron chi connectivity index (χ2n) is 7.04. The Bertz CT molecular complexity index is 1270. The zero-order chi connectivity index (χ0) is 20.4. The predicted octanol–water partition coefficient (Wildman–Crippen LogP) is 4.84. The number of benzene rings is 1. The smallest absolute Gasteiger partial charge is 0.231 e. The first-order valence-electron chi connectivity index (χ1n) is 9.69. The molecule has 0 bridgehead atoms. The fraction of sp³-hybridized carbons (Fsp3) is 0.217. The molecule has 144 valence electrons. The number of hydrogen-bond donors (Lipinski definition) is 1. The van der Waals surface area contributed by atoms with Gasteiger partial charge in [-0.05, 0) is 24.6 Å². The minimum Gasteiger partial charge on any atom is -0.345 e. The average Bonchev–Trinajstić information content (AvgIpc) is 3.37. The molecule has 0 radical (unpaired) electrons. The lowest BCUT2D eigenvalue weighted by Gasteiger charge is -2.06. The molecule has 0 aliphatic carbocycles. The van der Waals surface area contributed by atoms with Crippen LogP contribution in [0.1, 0.15) is 58.9 Å². The van der Waals surface area contributed by atoms with E-state index in [0.717, 1.165) is 30.2 Å². The van der Waals surface area contributed by atoms with E-state index in [4.69, 9.17) is 5.26 Å². The highest BCUT2D eigenvalue weighted by Crippen LogP contribution is 2.26. The van der Waals surface area contributed by atoms with Crippen LogP contribution in [0.3, 0.4) is 0 Å². The number of aromatic amines is 1. The van der Waals surface area contributed by atoms with Gasteiger partial charge in [0.1, 0.15) is 11.7 Å². The van der Waals surface area contributed by atoms with Crippen LogP contribution in [0.4, 0.5) is 0 Å². The number of fused-ring (bicyclic) bond motifs is 2. The number of nitriles is 1. The van der Waals surface area contributed by atoms with Gasteiger partial charge in [0.2, 0.25) is 5.91 Å². The number of nitrogens with one attached hydrogen (secondary N) is 1. The van der Waals surface area contributed by atoms with Gasteiger partial charge in [-0.1, -0.05) is 31.9 Å². The summed E-state index contributed by atoms with van der Waals surface area (Å²) >= 11 is 0. The van der Waals surface area contributed by atoms with Crippen LogP contribution in [0, 0.1) is 11.3 Å². The Labute approximate surface area is 167 Å². The molecular weight excluding hydrogens is 364 g/mol. The third kappa shape index (κ3) is 3.32. The van der Waals surface area contributed by atoms with Crippen molar-refractivity contribution in [1.82, 2.24) is 14.5 Å². The van der Waals surface area contributed by atoms with Crippen LogP contribution in [0.25, 0.3) is 21.9 Å². The molecule has 3 aromatic heterocycles. The molecule has 4 aromatic rings. The standard InChI is InChI=1S/C23H20N4O2/c1-2-3-4-8-21(28)27-10-9-16-17(6-5-7-20(16)27)22(29)19-14-26-23-18(19)11-15(12-24)13-25-23/h5-7,9-11,13-14H,2-4,8H2,1H3,(H,25,26). The normalized spacial score (nSPS) is 11.0. The number of nitrogens with zero attached hydrogens (tertiary/aromatic N) is 3. The van der Waals surface area contributed by atoms with Crippen molar-refractivity contribution in [3.63, 3.8) is 0 Å². The first-order valence-corrected chi connectivity index (χ1v) is 9.69. The third-order valence-electron chi connectivity index (χ3n) is 5.15. The van der Waals surface area contributed by atoms with Gasteiger partial charge >= 0.3 is 0 Å². The summed E-state index contributed by atoms with van der Waals surface area (Å²) in [5, 5.41) is 10.5. The number of pyridine rings is 1. The summed E-state index contributed by atoms with van der Waals surface area (Å²) in [6, 6.07) is 10.9. The average molecular weight is 384 g/mol. The number of rotatable bonds is 6. The first kappa shape index (κ1) is 18.6. The Morgan fingerprint density at radius 3 is 2.83 bits per heavy atom. The zero-order valence-electron chi connectivity index (χ0n) is 16.1. The van der Waals surface area contributed by atoms with Gasteiger partial charge in [0, 0.05) is 46.9 Å². The molecule has 4 rings (SSSR count). The maximum Gasteiger partial charge on any atom is 0.231 e. The summed E-state index contributed by atoms with van der Waals surface area (Å²) in [5.41, 5.74) is 2.66. The lowest BCUT2D eigenvalue weighted by atomic mass is 10.00. The molecule has 0 saturated heterocycles. The third-order valence-corrected chi connectivity index (χ3v) is 5.15. The molecular formula is C23H20N4O2. The van der Waals surface area contributed by atoms with Gasteiger partial charge in [-0.2, -0.15) is 5.26 Å². The number of unbranched alkanes of at least 4 members (excludes halogenated alkanes) is 2. The van der Waals surface area contributed by atoms with Gasteiger partial charge in [0.15, 0.2) is 5.78 Å². The predicted molar refractivity (Wildman–Crippen MR) is 111 cm³/mol. The van der Waals surface area contributed by atoms with Crippen LogP contribution < -0.4 is 0 Å². The maximum absolute atomic E-state index is 13.3. The van der Waals surface area contributed by atoms with Crippen LogP contribution in [0.2, 0.25) is 0 Å². The molecule has 0 amide bonds. The number of ketones is 1. The summed E-state index contributed by atoms with van der Waals surface area (Å²) in [6.07, 6.45) is 8.25. The van der Waals surface area contributed by atoms with Gasteiger partial charge in [0.25, 0.3) is 0 Å². The van der Waals surface area contributed by atoms with E-state index < -0.39 is 0 Å². The highest BCUT2D eigenvalue weighted by molar-refractivity contribution is 6.21. The van der Waals surface area contributed by atoms with Crippen molar-refractivity contribution in [3.05, 3.63) is 65.6 Å². The molecule has 0 spiro atoms. The van der Waals surface area contributed by atoms with Gasteiger partial charge in [-0.25, -0.2) is 4.98 Å². The Hall–Kier alpha value is -3.72. The fourth-order valence-corrected chi connectivity index (χ4v) is 3.63. The second-order valence-corrected chi connectivity index (χ2v) is 7.04. The fourth-order valence-electron chi connectivity index (χ4n) is 3.63. The van der Waals surface area contributed by atoms with Crippen molar-refractivity contribution in [2.75, 3.05) is 0 Å². The topological polar surface area (TPSA) is 91.5 Å². The Balaban J connectivity index is 1.74. The van der Waals surface area contributed by atoms with Crippen molar-refractivity contribution >= 4 is 33.6 Å². The van der Waals surface area contributed by atoms with E-state index in [1.54, 1.807) is 35.2 Å². The highest BCUT2D eigenvalue weighted by atomic mass is 16.2. The van der Waals surface area contributed by atoms with Crippen LogP contribution in [0.15, 0.2) is 48.9 Å².